The maximum absolute atomic E-state index is 12.7. The van der Waals surface area contributed by atoms with Crippen LogP contribution in [-0.4, -0.2) is 18.2 Å². The fraction of sp³-hybridized carbons (Fsp3) is 0.382. The minimum absolute atomic E-state index is 0.136. The summed E-state index contributed by atoms with van der Waals surface area (Å²) in [7, 11) is -0.236. The molecule has 3 atom stereocenters. The number of hydrogen-bond donors (Lipinski definition) is 0. The molecule has 0 spiro atoms. The molecule has 0 radical (unpaired) electrons. The van der Waals surface area contributed by atoms with Crippen molar-refractivity contribution < 1.29 is 14.3 Å². The Balaban J connectivity index is 1.27. The van der Waals surface area contributed by atoms with Crippen molar-refractivity contribution in [2.45, 2.75) is 73.7 Å². The summed E-state index contributed by atoms with van der Waals surface area (Å²) in [5.41, 5.74) is 1.19. The van der Waals surface area contributed by atoms with Gasteiger partial charge >= 0.3 is 5.97 Å². The van der Waals surface area contributed by atoms with Gasteiger partial charge in [-0.2, -0.15) is 0 Å². The van der Waals surface area contributed by atoms with Gasteiger partial charge in [0.05, 0.1) is 10.9 Å². The zero-order valence-corrected chi connectivity index (χ0v) is 23.6. The molecule has 3 aromatic rings. The van der Waals surface area contributed by atoms with Crippen LogP contribution in [0.1, 0.15) is 50.7 Å². The standard InChI is InChI=1S/C34H37O3S/c1-24-19-31(38(29-11-7-5-8-12-29)30-13-9-6-10-14-30)20-25(2)33(24)36-23-32(35)37-34(3,4)18-17-28-22-26-15-16-27(28)21-26/h5-14,19-20,26-28H,15-16,21-23H2,1-4H3/q+1. The molecule has 2 bridgehead atoms. The zero-order valence-electron chi connectivity index (χ0n) is 22.8. The number of ether oxygens (including phenoxy) is 2. The highest BCUT2D eigenvalue weighted by Gasteiger charge is 2.39. The third-order valence-electron chi connectivity index (χ3n) is 7.63. The van der Waals surface area contributed by atoms with Gasteiger partial charge in [-0.05, 0) is 94.2 Å². The quantitative estimate of drug-likeness (QED) is 0.182. The lowest BCUT2D eigenvalue weighted by atomic mass is 9.89. The van der Waals surface area contributed by atoms with Crippen LogP contribution in [0.25, 0.3) is 0 Å². The number of fused-ring (bicyclic) bond motifs is 2. The molecule has 4 heteroatoms. The summed E-state index contributed by atoms with van der Waals surface area (Å²) < 4.78 is 11.7. The lowest BCUT2D eigenvalue weighted by Crippen LogP contribution is -2.29. The summed E-state index contributed by atoms with van der Waals surface area (Å²) in [5, 5.41) is 0. The van der Waals surface area contributed by atoms with E-state index in [1.165, 1.54) is 40.4 Å². The van der Waals surface area contributed by atoms with Crippen molar-refractivity contribution in [1.82, 2.24) is 0 Å². The highest BCUT2D eigenvalue weighted by atomic mass is 32.2. The second kappa shape index (κ2) is 11.3. The molecule has 3 aromatic carbocycles. The van der Waals surface area contributed by atoms with Gasteiger partial charge in [-0.1, -0.05) is 54.7 Å². The van der Waals surface area contributed by atoms with Crippen molar-refractivity contribution in [2.75, 3.05) is 6.61 Å². The molecular weight excluding hydrogens is 488 g/mol. The highest BCUT2D eigenvalue weighted by Crippen LogP contribution is 2.48. The fourth-order valence-corrected chi connectivity index (χ4v) is 8.20. The first kappa shape index (κ1) is 26.4. The maximum Gasteiger partial charge on any atom is 0.345 e. The Kier molecular flexibility index (Phi) is 7.86. The number of benzene rings is 3. The molecule has 0 heterocycles. The first-order valence-electron chi connectivity index (χ1n) is 13.6. The Bertz CT molecular complexity index is 1270. The van der Waals surface area contributed by atoms with Crippen molar-refractivity contribution in [3.63, 3.8) is 0 Å². The molecule has 0 amide bonds. The number of esters is 1. The molecule has 0 saturated heterocycles. The van der Waals surface area contributed by atoms with Gasteiger partial charge in [0.1, 0.15) is 5.75 Å². The molecule has 0 aromatic heterocycles. The van der Waals surface area contributed by atoms with E-state index in [2.05, 4.69) is 72.5 Å². The summed E-state index contributed by atoms with van der Waals surface area (Å²) >= 11 is 0. The SMILES string of the molecule is Cc1cc([S+](c2ccccc2)c2ccccc2)cc(C)c1OCC(=O)OC(C)(C)C#CC1CC2CCC1C2. The maximum atomic E-state index is 12.7. The van der Waals surface area contributed by atoms with Crippen LogP contribution in [0.5, 0.6) is 5.75 Å². The molecule has 38 heavy (non-hydrogen) atoms. The highest BCUT2D eigenvalue weighted by molar-refractivity contribution is 7.97. The average molecular weight is 526 g/mol. The summed E-state index contributed by atoms with van der Waals surface area (Å²) in [6, 6.07) is 25.5. The van der Waals surface area contributed by atoms with Gasteiger partial charge in [0.15, 0.2) is 26.9 Å². The predicted molar refractivity (Wildman–Crippen MR) is 153 cm³/mol. The van der Waals surface area contributed by atoms with Gasteiger partial charge in [-0.25, -0.2) is 4.79 Å². The molecule has 3 nitrogen and oxygen atoms in total. The monoisotopic (exact) mass is 525 g/mol. The normalized spacial score (nSPS) is 20.2. The lowest BCUT2D eigenvalue weighted by molar-refractivity contribution is -0.154. The lowest BCUT2D eigenvalue weighted by Gasteiger charge is -2.21. The van der Waals surface area contributed by atoms with Crippen LogP contribution >= 0.6 is 0 Å². The molecule has 0 N–H and O–H groups in total. The van der Waals surface area contributed by atoms with Crippen molar-refractivity contribution in [2.24, 2.45) is 17.8 Å². The van der Waals surface area contributed by atoms with Crippen molar-refractivity contribution in [3.8, 4) is 17.6 Å². The fourth-order valence-electron chi connectivity index (χ4n) is 5.94. The summed E-state index contributed by atoms with van der Waals surface area (Å²) in [5.74, 6) is 9.06. The van der Waals surface area contributed by atoms with Crippen LogP contribution < -0.4 is 4.74 Å². The van der Waals surface area contributed by atoms with Gasteiger partial charge < -0.3 is 9.47 Å². The van der Waals surface area contributed by atoms with Crippen LogP contribution in [0.15, 0.2) is 87.5 Å². The van der Waals surface area contributed by atoms with E-state index in [9.17, 15) is 4.79 Å². The van der Waals surface area contributed by atoms with Crippen LogP contribution in [0.3, 0.4) is 0 Å². The van der Waals surface area contributed by atoms with E-state index in [4.69, 9.17) is 9.47 Å². The van der Waals surface area contributed by atoms with E-state index in [0.717, 1.165) is 28.7 Å². The van der Waals surface area contributed by atoms with Gasteiger partial charge in [0.2, 0.25) is 0 Å². The summed E-state index contributed by atoms with van der Waals surface area (Å²) in [4.78, 5) is 16.5. The van der Waals surface area contributed by atoms with Crippen molar-refractivity contribution in [3.05, 3.63) is 83.9 Å². The Morgan fingerprint density at radius 2 is 1.50 bits per heavy atom. The smallest absolute Gasteiger partial charge is 0.345 e. The van der Waals surface area contributed by atoms with Gasteiger partial charge in [0, 0.05) is 18.1 Å². The Hall–Kier alpha value is -3.16. The third-order valence-corrected chi connectivity index (χ3v) is 9.82. The predicted octanol–water partition coefficient (Wildman–Crippen LogP) is 7.54. The summed E-state index contributed by atoms with van der Waals surface area (Å²) in [6.45, 7) is 7.68. The van der Waals surface area contributed by atoms with Crippen LogP contribution in [0.2, 0.25) is 0 Å². The number of carbonyl (C=O) groups is 1. The van der Waals surface area contributed by atoms with Crippen LogP contribution in [0.4, 0.5) is 0 Å². The number of carbonyl (C=O) groups excluding carboxylic acids is 1. The molecule has 3 unspecified atom stereocenters. The summed E-state index contributed by atoms with van der Waals surface area (Å²) in [6.07, 6.45) is 5.18. The third kappa shape index (κ3) is 6.11. The van der Waals surface area contributed by atoms with E-state index in [-0.39, 0.29) is 17.5 Å². The van der Waals surface area contributed by atoms with E-state index >= 15 is 0 Å². The van der Waals surface area contributed by atoms with Crippen molar-refractivity contribution >= 4 is 16.9 Å². The largest absolute Gasteiger partial charge is 0.481 e. The van der Waals surface area contributed by atoms with Crippen LogP contribution in [-0.2, 0) is 20.4 Å². The molecule has 0 aliphatic heterocycles. The molecule has 2 aliphatic rings. The Labute approximate surface area is 230 Å². The molecule has 196 valence electrons. The second-order valence-electron chi connectivity index (χ2n) is 11.1. The van der Waals surface area contributed by atoms with E-state index in [0.29, 0.717) is 5.92 Å². The average Bonchev–Trinajstić information content (AvgIpc) is 3.52. The topological polar surface area (TPSA) is 35.5 Å². The molecule has 2 saturated carbocycles. The minimum atomic E-state index is -0.823. The van der Waals surface area contributed by atoms with E-state index in [1.54, 1.807) is 0 Å². The molecule has 2 aliphatic carbocycles. The van der Waals surface area contributed by atoms with E-state index < -0.39 is 11.6 Å². The van der Waals surface area contributed by atoms with Crippen molar-refractivity contribution in [1.29, 1.82) is 0 Å². The Morgan fingerprint density at radius 3 is 2.03 bits per heavy atom. The molecular formula is C34H37O3S+. The van der Waals surface area contributed by atoms with Gasteiger partial charge in [-0.3, -0.25) is 0 Å². The molecule has 5 rings (SSSR count). The zero-order chi connectivity index (χ0) is 26.7. The van der Waals surface area contributed by atoms with Gasteiger partial charge in [0.25, 0.3) is 0 Å². The number of hydrogen-bond acceptors (Lipinski definition) is 3. The van der Waals surface area contributed by atoms with Gasteiger partial charge in [-0.15, -0.1) is 0 Å². The van der Waals surface area contributed by atoms with E-state index in [1.807, 2.05) is 39.8 Å². The Morgan fingerprint density at radius 1 is 0.895 bits per heavy atom. The minimum Gasteiger partial charge on any atom is -0.481 e. The number of rotatable bonds is 7. The number of aryl methyl sites for hydroxylation is 2. The first-order chi connectivity index (χ1) is 18.3. The first-order valence-corrected chi connectivity index (χ1v) is 14.8. The molecule has 2 fully saturated rings. The van der Waals surface area contributed by atoms with Crippen LogP contribution in [0, 0.1) is 43.4 Å². The second-order valence-corrected chi connectivity index (χ2v) is 13.2.